The molecule has 142 valence electrons. The zero-order valence-corrected chi connectivity index (χ0v) is 17.0. The third-order valence-electron chi connectivity index (χ3n) is 4.38. The lowest BCUT2D eigenvalue weighted by Gasteiger charge is -2.24. The first-order valence-corrected chi connectivity index (χ1v) is 10.0. The van der Waals surface area contributed by atoms with E-state index in [1.54, 1.807) is 12.4 Å². The molecule has 4 nitrogen and oxygen atoms in total. The summed E-state index contributed by atoms with van der Waals surface area (Å²) in [7, 11) is -1.25. The Hall–Kier alpha value is -2.18. The molecular formula is C21H24FN3OS. The van der Waals surface area contributed by atoms with Crippen molar-refractivity contribution >= 4 is 21.9 Å². The van der Waals surface area contributed by atoms with Crippen molar-refractivity contribution in [2.45, 2.75) is 45.4 Å². The highest BCUT2D eigenvalue weighted by molar-refractivity contribution is 7.84. The van der Waals surface area contributed by atoms with Crippen LogP contribution in [0, 0.1) is 12.7 Å². The van der Waals surface area contributed by atoms with Gasteiger partial charge in [-0.05, 0) is 70.0 Å². The molecule has 0 aliphatic carbocycles. The Morgan fingerprint density at radius 3 is 2.56 bits per heavy atom. The summed E-state index contributed by atoms with van der Waals surface area (Å²) < 4.78 is 29.5. The third kappa shape index (κ3) is 4.06. The van der Waals surface area contributed by atoms with Gasteiger partial charge < -0.3 is 0 Å². The first-order valence-electron chi connectivity index (χ1n) is 8.86. The van der Waals surface area contributed by atoms with Gasteiger partial charge in [-0.2, -0.15) is 0 Å². The van der Waals surface area contributed by atoms with Crippen LogP contribution in [-0.4, -0.2) is 18.9 Å². The van der Waals surface area contributed by atoms with E-state index in [9.17, 15) is 8.60 Å². The Kier molecular flexibility index (Phi) is 5.40. The van der Waals surface area contributed by atoms with E-state index in [0.717, 1.165) is 27.9 Å². The lowest BCUT2D eigenvalue weighted by molar-refractivity contribution is 0.616. The molecule has 0 saturated heterocycles. The highest BCUT2D eigenvalue weighted by atomic mass is 32.2. The Morgan fingerprint density at radius 2 is 1.93 bits per heavy atom. The number of rotatable bonds is 4. The quantitative estimate of drug-likeness (QED) is 0.698. The zero-order chi connectivity index (χ0) is 19.8. The number of fused-ring (bicyclic) bond motifs is 1. The van der Waals surface area contributed by atoms with Gasteiger partial charge in [0.2, 0.25) is 0 Å². The molecule has 1 N–H and O–H groups in total. The van der Waals surface area contributed by atoms with Gasteiger partial charge in [-0.3, -0.25) is 9.97 Å². The third-order valence-corrected chi connectivity index (χ3v) is 6.06. The average molecular weight is 386 g/mol. The minimum atomic E-state index is -1.25. The van der Waals surface area contributed by atoms with Crippen LogP contribution in [0.1, 0.15) is 44.9 Å². The molecule has 0 aliphatic rings. The number of halogens is 1. The van der Waals surface area contributed by atoms with Gasteiger partial charge >= 0.3 is 0 Å². The second-order valence-corrected chi connectivity index (χ2v) is 9.64. The van der Waals surface area contributed by atoms with Gasteiger partial charge in [0.1, 0.15) is 5.82 Å². The number of pyridine rings is 2. The number of nitrogens with zero attached hydrogens (tertiary/aromatic N) is 2. The molecule has 0 saturated carbocycles. The van der Waals surface area contributed by atoms with Crippen molar-refractivity contribution in [1.29, 1.82) is 0 Å². The standard InChI is InChI=1S/C21H24FN3OS/c1-13-10-15(22)11-16-19(18-8-6-7-9-23-18)17(12-24-20(13)16)14(2)25-27(26)21(3,4)5/h6-12,14,25H,1-5H3. The molecule has 2 aromatic heterocycles. The summed E-state index contributed by atoms with van der Waals surface area (Å²) >= 11 is 0. The molecule has 0 fully saturated rings. The predicted octanol–water partition coefficient (Wildman–Crippen LogP) is 4.86. The van der Waals surface area contributed by atoms with Crippen molar-refractivity contribution in [3.8, 4) is 11.3 Å². The molecule has 6 heteroatoms. The minimum absolute atomic E-state index is 0.248. The first kappa shape index (κ1) is 19.6. The van der Waals surface area contributed by atoms with E-state index in [0.29, 0.717) is 5.39 Å². The van der Waals surface area contributed by atoms with Gasteiger partial charge in [0, 0.05) is 29.4 Å². The monoisotopic (exact) mass is 385 g/mol. The fourth-order valence-electron chi connectivity index (χ4n) is 2.98. The molecule has 0 spiro atoms. The van der Waals surface area contributed by atoms with Crippen LogP contribution < -0.4 is 4.72 Å². The van der Waals surface area contributed by atoms with Crippen molar-refractivity contribution < 1.29 is 8.60 Å². The first-order chi connectivity index (χ1) is 12.7. The van der Waals surface area contributed by atoms with E-state index < -0.39 is 15.7 Å². The van der Waals surface area contributed by atoms with Crippen LogP contribution in [0.15, 0.2) is 42.7 Å². The van der Waals surface area contributed by atoms with Crippen LogP contribution in [-0.2, 0) is 11.0 Å². The summed E-state index contributed by atoms with van der Waals surface area (Å²) in [4.78, 5) is 9.04. The smallest absolute Gasteiger partial charge is 0.124 e. The molecule has 2 unspecified atom stereocenters. The molecule has 0 radical (unpaired) electrons. The number of benzene rings is 1. The molecule has 2 heterocycles. The second-order valence-electron chi connectivity index (χ2n) is 7.64. The summed E-state index contributed by atoms with van der Waals surface area (Å²) in [6.45, 7) is 9.53. The molecule has 0 aliphatic heterocycles. The number of hydrogen-bond acceptors (Lipinski definition) is 3. The number of nitrogens with one attached hydrogen (secondary N) is 1. The van der Waals surface area contributed by atoms with Gasteiger partial charge in [0.25, 0.3) is 0 Å². The lowest BCUT2D eigenvalue weighted by atomic mass is 9.95. The second kappa shape index (κ2) is 7.44. The zero-order valence-electron chi connectivity index (χ0n) is 16.2. The van der Waals surface area contributed by atoms with Gasteiger partial charge in [-0.15, -0.1) is 0 Å². The van der Waals surface area contributed by atoms with Crippen molar-refractivity contribution in [3.63, 3.8) is 0 Å². The highest BCUT2D eigenvalue weighted by Crippen LogP contribution is 2.35. The van der Waals surface area contributed by atoms with Gasteiger partial charge in [0.05, 0.1) is 26.9 Å². The fourth-order valence-corrected chi connectivity index (χ4v) is 3.78. The Bertz CT molecular complexity index is 1000. The minimum Gasteiger partial charge on any atom is -0.256 e. The van der Waals surface area contributed by atoms with Crippen molar-refractivity contribution in [3.05, 3.63) is 59.7 Å². The van der Waals surface area contributed by atoms with Crippen molar-refractivity contribution in [2.24, 2.45) is 0 Å². The van der Waals surface area contributed by atoms with E-state index >= 15 is 0 Å². The SMILES string of the molecule is Cc1cc(F)cc2c(-c3ccccn3)c(C(C)NS(=O)C(C)(C)C)cnc12. The number of aromatic nitrogens is 2. The van der Waals surface area contributed by atoms with E-state index in [2.05, 4.69) is 14.7 Å². The number of hydrogen-bond donors (Lipinski definition) is 1. The molecular weight excluding hydrogens is 361 g/mol. The summed E-state index contributed by atoms with van der Waals surface area (Å²) in [6.07, 6.45) is 3.48. The molecule has 3 rings (SSSR count). The van der Waals surface area contributed by atoms with Gasteiger partial charge in [-0.25, -0.2) is 13.3 Å². The van der Waals surface area contributed by atoms with E-state index in [-0.39, 0.29) is 11.9 Å². The summed E-state index contributed by atoms with van der Waals surface area (Å²) in [6, 6.07) is 8.36. The van der Waals surface area contributed by atoms with Crippen molar-refractivity contribution in [2.75, 3.05) is 0 Å². The molecule has 1 aromatic carbocycles. The largest absolute Gasteiger partial charge is 0.256 e. The maximum absolute atomic E-state index is 14.2. The van der Waals surface area contributed by atoms with Crippen LogP contribution in [0.2, 0.25) is 0 Å². The molecule has 0 amide bonds. The van der Waals surface area contributed by atoms with Crippen LogP contribution in [0.25, 0.3) is 22.2 Å². The van der Waals surface area contributed by atoms with Crippen LogP contribution in [0.4, 0.5) is 4.39 Å². The molecule has 0 bridgehead atoms. The van der Waals surface area contributed by atoms with Crippen LogP contribution in [0.5, 0.6) is 0 Å². The average Bonchev–Trinajstić information content (AvgIpc) is 2.60. The Labute approximate surface area is 161 Å². The van der Waals surface area contributed by atoms with E-state index in [4.69, 9.17) is 0 Å². The lowest BCUT2D eigenvalue weighted by Crippen LogP contribution is -2.35. The summed E-state index contributed by atoms with van der Waals surface area (Å²) in [5, 5.41) is 0.707. The molecule has 2 atom stereocenters. The van der Waals surface area contributed by atoms with Gasteiger partial charge in [-0.1, -0.05) is 6.07 Å². The normalized spacial score (nSPS) is 14.3. The summed E-state index contributed by atoms with van der Waals surface area (Å²) in [5.41, 5.74) is 3.90. The Balaban J connectivity index is 2.22. The van der Waals surface area contributed by atoms with Crippen LogP contribution in [0.3, 0.4) is 0 Å². The van der Waals surface area contributed by atoms with Crippen molar-refractivity contribution in [1.82, 2.24) is 14.7 Å². The van der Waals surface area contributed by atoms with Gasteiger partial charge in [0.15, 0.2) is 0 Å². The maximum atomic E-state index is 14.2. The van der Waals surface area contributed by atoms with Crippen LogP contribution >= 0.6 is 0 Å². The van der Waals surface area contributed by atoms with E-state index in [1.165, 1.54) is 12.1 Å². The number of aryl methyl sites for hydroxylation is 1. The highest BCUT2D eigenvalue weighted by Gasteiger charge is 2.24. The summed E-state index contributed by atoms with van der Waals surface area (Å²) in [5.74, 6) is -0.310. The topological polar surface area (TPSA) is 54.9 Å². The molecule has 27 heavy (non-hydrogen) atoms. The maximum Gasteiger partial charge on any atom is 0.124 e. The Morgan fingerprint density at radius 1 is 1.19 bits per heavy atom. The molecule has 3 aromatic rings. The fraction of sp³-hybridized carbons (Fsp3) is 0.333. The predicted molar refractivity (Wildman–Crippen MR) is 109 cm³/mol. The van der Waals surface area contributed by atoms with E-state index in [1.807, 2.05) is 52.8 Å².